The van der Waals surface area contributed by atoms with Gasteiger partial charge in [0.15, 0.2) is 11.5 Å². The number of nitrogens with zero attached hydrogens (tertiary/aromatic N) is 2. The largest absolute Gasteiger partial charge is 0.454 e. The number of fused-ring (bicyclic) bond motifs is 1. The monoisotopic (exact) mass is 571 g/mol. The summed E-state index contributed by atoms with van der Waals surface area (Å²) in [5.74, 6) is -0.272. The fourth-order valence-electron chi connectivity index (χ4n) is 3.89. The lowest BCUT2D eigenvalue weighted by atomic mass is 10.1. The summed E-state index contributed by atoms with van der Waals surface area (Å²) >= 11 is 12.4. The van der Waals surface area contributed by atoms with Gasteiger partial charge in [0.1, 0.15) is 12.6 Å². The highest BCUT2D eigenvalue weighted by atomic mass is 35.5. The quantitative estimate of drug-likeness (QED) is 0.433. The molecule has 0 fully saturated rings. The number of amides is 2. The van der Waals surface area contributed by atoms with E-state index in [-0.39, 0.29) is 36.7 Å². The molecule has 1 aliphatic heterocycles. The van der Waals surface area contributed by atoms with Crippen molar-refractivity contribution in [3.05, 3.63) is 52.0 Å². The summed E-state index contributed by atoms with van der Waals surface area (Å²) in [6.45, 7) is 6.41. The molecule has 0 aliphatic carbocycles. The highest BCUT2D eigenvalue weighted by Gasteiger charge is 2.33. The van der Waals surface area contributed by atoms with Crippen molar-refractivity contribution in [2.75, 3.05) is 23.4 Å². The predicted molar refractivity (Wildman–Crippen MR) is 144 cm³/mol. The summed E-state index contributed by atoms with van der Waals surface area (Å²) in [5, 5.41) is 3.61. The van der Waals surface area contributed by atoms with Crippen LogP contribution in [0.25, 0.3) is 0 Å². The zero-order valence-electron chi connectivity index (χ0n) is 21.2. The Hall–Kier alpha value is -2.69. The maximum Gasteiger partial charge on any atom is 0.244 e. The molecule has 1 aliphatic rings. The van der Waals surface area contributed by atoms with Crippen molar-refractivity contribution in [2.45, 2.75) is 52.7 Å². The van der Waals surface area contributed by atoms with E-state index in [2.05, 4.69) is 5.32 Å². The van der Waals surface area contributed by atoms with Gasteiger partial charge < -0.3 is 19.7 Å². The first-order valence-electron chi connectivity index (χ1n) is 11.9. The Balaban J connectivity index is 2.00. The molecule has 2 aromatic rings. The predicted octanol–water partition coefficient (Wildman–Crippen LogP) is 4.21. The van der Waals surface area contributed by atoms with Crippen LogP contribution in [0.1, 0.15) is 39.7 Å². The molecule has 37 heavy (non-hydrogen) atoms. The zero-order valence-corrected chi connectivity index (χ0v) is 23.5. The number of carbonyl (C=O) groups excluding carboxylic acids is 2. The van der Waals surface area contributed by atoms with Gasteiger partial charge in [-0.25, -0.2) is 8.42 Å². The summed E-state index contributed by atoms with van der Waals surface area (Å²) < 4.78 is 37.9. The minimum Gasteiger partial charge on any atom is -0.454 e. The molecule has 1 atom stereocenters. The molecule has 0 aromatic heterocycles. The lowest BCUT2D eigenvalue weighted by Crippen LogP contribution is -2.53. The normalized spacial score (nSPS) is 13.4. The van der Waals surface area contributed by atoms with Gasteiger partial charge in [0.25, 0.3) is 0 Å². The van der Waals surface area contributed by atoms with Crippen LogP contribution < -0.4 is 19.1 Å². The van der Waals surface area contributed by atoms with Crippen molar-refractivity contribution in [1.82, 2.24) is 10.2 Å². The van der Waals surface area contributed by atoms with Crippen molar-refractivity contribution in [3.63, 3.8) is 0 Å². The topological polar surface area (TPSA) is 105 Å². The highest BCUT2D eigenvalue weighted by Crippen LogP contribution is 2.36. The number of sulfonamides is 1. The van der Waals surface area contributed by atoms with Crippen LogP contribution in [-0.2, 0) is 26.2 Å². The third-order valence-corrected chi connectivity index (χ3v) is 8.12. The second-order valence-electron chi connectivity index (χ2n) is 8.79. The van der Waals surface area contributed by atoms with Crippen molar-refractivity contribution < 1.29 is 27.5 Å². The molecule has 202 valence electrons. The number of rotatable bonds is 11. The second-order valence-corrected chi connectivity index (χ2v) is 11.8. The summed E-state index contributed by atoms with van der Waals surface area (Å²) in [6, 6.07) is 8.53. The molecule has 0 bridgehead atoms. The molecule has 0 radical (unpaired) electrons. The smallest absolute Gasteiger partial charge is 0.244 e. The molecule has 0 spiro atoms. The fourth-order valence-corrected chi connectivity index (χ4v) is 5.42. The first-order valence-corrected chi connectivity index (χ1v) is 14.3. The number of benzene rings is 2. The van der Waals surface area contributed by atoms with E-state index in [9.17, 15) is 18.0 Å². The van der Waals surface area contributed by atoms with E-state index in [0.717, 1.165) is 4.31 Å². The number of hydrogen-bond donors (Lipinski definition) is 1. The van der Waals surface area contributed by atoms with Gasteiger partial charge in [-0.05, 0) is 57.0 Å². The molecule has 1 N–H and O–H groups in total. The van der Waals surface area contributed by atoms with E-state index in [4.69, 9.17) is 32.7 Å². The average Bonchev–Trinajstić information content (AvgIpc) is 3.31. The number of ether oxygens (including phenoxy) is 2. The third-order valence-electron chi connectivity index (χ3n) is 5.80. The van der Waals surface area contributed by atoms with Crippen molar-refractivity contribution >= 4 is 50.7 Å². The third kappa shape index (κ3) is 7.00. The van der Waals surface area contributed by atoms with Crippen molar-refractivity contribution in [1.29, 1.82) is 0 Å². The number of anilines is 1. The average molecular weight is 573 g/mol. The lowest BCUT2D eigenvalue weighted by molar-refractivity contribution is -0.140. The van der Waals surface area contributed by atoms with Gasteiger partial charge in [0.05, 0.1) is 11.4 Å². The SMILES string of the molecule is CC[C@H](C(=O)NC(C)C)N(Cc1ccc(Cl)cc1Cl)C(=O)CN(c1ccc2c(c1)OCO2)S(=O)(=O)CC. The highest BCUT2D eigenvalue weighted by molar-refractivity contribution is 7.92. The van der Waals surface area contributed by atoms with Gasteiger partial charge in [0, 0.05) is 28.7 Å². The van der Waals surface area contributed by atoms with E-state index in [1.165, 1.54) is 17.9 Å². The van der Waals surface area contributed by atoms with Crippen molar-refractivity contribution in [2.24, 2.45) is 0 Å². The maximum absolute atomic E-state index is 13.8. The summed E-state index contributed by atoms with van der Waals surface area (Å²) in [7, 11) is -3.87. The van der Waals surface area contributed by atoms with Gasteiger partial charge in [-0.15, -0.1) is 0 Å². The molecule has 2 amide bonds. The summed E-state index contributed by atoms with van der Waals surface area (Å²) in [5.41, 5.74) is 0.826. The van der Waals surface area contributed by atoms with Crippen molar-refractivity contribution in [3.8, 4) is 11.5 Å². The Morgan fingerprint density at radius 2 is 1.76 bits per heavy atom. The fraction of sp³-hybridized carbons (Fsp3) is 0.440. The Morgan fingerprint density at radius 1 is 1.05 bits per heavy atom. The number of hydrogen-bond acceptors (Lipinski definition) is 6. The van der Waals surface area contributed by atoms with Gasteiger partial charge in [-0.2, -0.15) is 0 Å². The molecular weight excluding hydrogens is 541 g/mol. The Morgan fingerprint density at radius 3 is 2.38 bits per heavy atom. The molecule has 9 nitrogen and oxygen atoms in total. The van der Waals surface area contributed by atoms with E-state index in [1.807, 2.05) is 13.8 Å². The van der Waals surface area contributed by atoms with Gasteiger partial charge in [-0.1, -0.05) is 36.2 Å². The van der Waals surface area contributed by atoms with E-state index in [1.54, 1.807) is 37.3 Å². The van der Waals surface area contributed by atoms with Gasteiger partial charge in [-0.3, -0.25) is 13.9 Å². The number of nitrogens with one attached hydrogen (secondary N) is 1. The molecule has 0 saturated carbocycles. The van der Waals surface area contributed by atoms with Crippen LogP contribution in [0.3, 0.4) is 0 Å². The van der Waals surface area contributed by atoms with Gasteiger partial charge in [0.2, 0.25) is 28.6 Å². The van der Waals surface area contributed by atoms with Crippen LogP contribution in [0.2, 0.25) is 10.0 Å². The van der Waals surface area contributed by atoms with Crippen LogP contribution in [-0.4, -0.2) is 56.3 Å². The standard InChI is InChI=1S/C25H31Cl2N3O6S/c1-5-21(25(32)28-16(3)4)29(13-17-7-8-18(26)11-20(17)27)24(31)14-30(37(33,34)6-2)19-9-10-22-23(12-19)36-15-35-22/h7-12,16,21H,5-6,13-15H2,1-4H3,(H,28,32)/t21-/m1/s1. The van der Waals surface area contributed by atoms with Gasteiger partial charge >= 0.3 is 0 Å². The van der Waals surface area contributed by atoms with Crippen LogP contribution in [0.4, 0.5) is 5.69 Å². The Labute approximate surface area is 227 Å². The Bertz CT molecular complexity index is 1250. The first-order chi connectivity index (χ1) is 17.5. The van der Waals surface area contributed by atoms with E-state index >= 15 is 0 Å². The lowest BCUT2D eigenvalue weighted by Gasteiger charge is -2.33. The molecule has 2 aromatic carbocycles. The number of halogens is 2. The van der Waals surface area contributed by atoms with E-state index in [0.29, 0.717) is 33.5 Å². The van der Waals surface area contributed by atoms with Crippen LogP contribution in [0.15, 0.2) is 36.4 Å². The second kappa shape index (κ2) is 12.2. The Kier molecular flexibility index (Phi) is 9.55. The van der Waals surface area contributed by atoms with Crippen LogP contribution in [0, 0.1) is 0 Å². The molecule has 12 heteroatoms. The molecular formula is C25H31Cl2N3O6S. The first kappa shape index (κ1) is 28.9. The molecule has 1 heterocycles. The molecule has 0 unspecified atom stereocenters. The summed E-state index contributed by atoms with van der Waals surface area (Å²) in [4.78, 5) is 28.2. The maximum atomic E-state index is 13.8. The minimum absolute atomic E-state index is 0.0139. The zero-order chi connectivity index (χ0) is 27.3. The van der Waals surface area contributed by atoms with Crippen LogP contribution in [0.5, 0.6) is 11.5 Å². The van der Waals surface area contributed by atoms with Crippen LogP contribution >= 0.6 is 23.2 Å². The minimum atomic E-state index is -3.87. The number of carbonyl (C=O) groups is 2. The molecule has 3 rings (SSSR count). The summed E-state index contributed by atoms with van der Waals surface area (Å²) in [6.07, 6.45) is 0.306. The molecule has 0 saturated heterocycles. The van der Waals surface area contributed by atoms with E-state index < -0.39 is 28.5 Å².